The quantitative estimate of drug-likeness (QED) is 0.546. The van der Waals surface area contributed by atoms with Crippen LogP contribution in [-0.4, -0.2) is 0 Å². The highest BCUT2D eigenvalue weighted by molar-refractivity contribution is 4.82. The summed E-state index contributed by atoms with van der Waals surface area (Å²) in [5.74, 6) is 2.54. The van der Waals surface area contributed by atoms with Gasteiger partial charge in [-0.2, -0.15) is 0 Å². The molecular weight excluding hydrogens is 120 g/mol. The molecule has 0 rings (SSSR count). The summed E-state index contributed by atoms with van der Waals surface area (Å²) < 4.78 is 0. The van der Waals surface area contributed by atoms with E-state index in [1.165, 1.54) is 25.7 Å². The molecule has 0 aliphatic heterocycles. The van der Waals surface area contributed by atoms with Crippen LogP contribution in [-0.2, 0) is 0 Å². The van der Waals surface area contributed by atoms with Gasteiger partial charge in [0, 0.05) is 0 Å². The van der Waals surface area contributed by atoms with E-state index < -0.39 is 0 Å². The third-order valence-electron chi connectivity index (χ3n) is 1.83. The summed E-state index contributed by atoms with van der Waals surface area (Å²) in [4.78, 5) is 0. The molecule has 1 radical (unpaired) electrons. The van der Waals surface area contributed by atoms with Crippen molar-refractivity contribution in [3.05, 3.63) is 5.92 Å². The van der Waals surface area contributed by atoms with Gasteiger partial charge in [-0.3, -0.25) is 0 Å². The van der Waals surface area contributed by atoms with Crippen molar-refractivity contribution in [3.63, 3.8) is 0 Å². The van der Waals surface area contributed by atoms with Crippen molar-refractivity contribution in [2.45, 2.75) is 53.4 Å². The monoisotopic (exact) mass is 141 g/mol. The molecule has 0 N–H and O–H groups in total. The average molecular weight is 141 g/mol. The molecule has 10 heavy (non-hydrogen) atoms. The summed E-state index contributed by atoms with van der Waals surface area (Å²) >= 11 is 0. The van der Waals surface area contributed by atoms with Crippen molar-refractivity contribution >= 4 is 0 Å². The van der Waals surface area contributed by atoms with E-state index in [4.69, 9.17) is 0 Å². The SMILES string of the molecule is CCC[C](C)CCC(C)C. The molecule has 0 atom stereocenters. The predicted molar refractivity (Wildman–Crippen MR) is 47.9 cm³/mol. The Morgan fingerprint density at radius 2 is 1.80 bits per heavy atom. The Kier molecular flexibility index (Phi) is 5.76. The molecule has 0 amide bonds. The van der Waals surface area contributed by atoms with Crippen LogP contribution in [0.2, 0.25) is 0 Å². The molecule has 0 saturated carbocycles. The molecule has 0 bridgehead atoms. The number of hydrogen-bond acceptors (Lipinski definition) is 0. The van der Waals surface area contributed by atoms with Gasteiger partial charge in [0.05, 0.1) is 0 Å². The normalized spacial score (nSPS) is 11.4. The Hall–Kier alpha value is 0. The second kappa shape index (κ2) is 5.76. The van der Waals surface area contributed by atoms with Crippen LogP contribution in [0.15, 0.2) is 0 Å². The van der Waals surface area contributed by atoms with Gasteiger partial charge in [-0.05, 0) is 24.7 Å². The Balaban J connectivity index is 3.12. The van der Waals surface area contributed by atoms with Crippen LogP contribution in [0.4, 0.5) is 0 Å². The van der Waals surface area contributed by atoms with Gasteiger partial charge < -0.3 is 0 Å². The van der Waals surface area contributed by atoms with Crippen LogP contribution in [0.1, 0.15) is 53.4 Å². The van der Waals surface area contributed by atoms with Crippen LogP contribution < -0.4 is 0 Å². The third-order valence-corrected chi connectivity index (χ3v) is 1.83. The van der Waals surface area contributed by atoms with Gasteiger partial charge in [0.25, 0.3) is 0 Å². The lowest BCUT2D eigenvalue weighted by Crippen LogP contribution is -1.94. The van der Waals surface area contributed by atoms with E-state index >= 15 is 0 Å². The molecule has 61 valence electrons. The van der Waals surface area contributed by atoms with E-state index in [2.05, 4.69) is 27.7 Å². The largest absolute Gasteiger partial charge is 0.0654 e. The van der Waals surface area contributed by atoms with Gasteiger partial charge in [0.2, 0.25) is 0 Å². The fraction of sp³-hybridized carbons (Fsp3) is 0.900. The van der Waals surface area contributed by atoms with Crippen LogP contribution >= 0.6 is 0 Å². The molecule has 0 saturated heterocycles. The van der Waals surface area contributed by atoms with Crippen molar-refractivity contribution in [1.29, 1.82) is 0 Å². The van der Waals surface area contributed by atoms with Crippen LogP contribution in [0.3, 0.4) is 0 Å². The number of hydrogen-bond donors (Lipinski definition) is 0. The zero-order valence-electron chi connectivity index (χ0n) is 7.91. The van der Waals surface area contributed by atoms with Gasteiger partial charge in [0.15, 0.2) is 0 Å². The molecule has 0 unspecified atom stereocenters. The van der Waals surface area contributed by atoms with E-state index in [9.17, 15) is 0 Å². The second-order valence-electron chi connectivity index (χ2n) is 3.64. The Labute approximate surface area is 66.0 Å². The highest BCUT2D eigenvalue weighted by Crippen LogP contribution is 2.17. The van der Waals surface area contributed by atoms with Gasteiger partial charge in [-0.25, -0.2) is 0 Å². The maximum absolute atomic E-state index is 2.29. The standard InChI is InChI=1S/C10H21/c1-5-6-10(4)8-7-9(2)3/h9H,5-8H2,1-4H3. The first-order chi connectivity index (χ1) is 4.66. The highest BCUT2D eigenvalue weighted by atomic mass is 14.1. The summed E-state index contributed by atoms with van der Waals surface area (Å²) in [6.45, 7) is 9.11. The number of rotatable bonds is 5. The lowest BCUT2D eigenvalue weighted by Gasteiger charge is -2.10. The minimum Gasteiger partial charge on any atom is -0.0654 e. The smallest absolute Gasteiger partial charge is 0.0272 e. The van der Waals surface area contributed by atoms with Crippen molar-refractivity contribution in [1.82, 2.24) is 0 Å². The van der Waals surface area contributed by atoms with E-state index in [0.29, 0.717) is 0 Å². The van der Waals surface area contributed by atoms with Crippen molar-refractivity contribution in [2.24, 2.45) is 5.92 Å². The summed E-state index contributed by atoms with van der Waals surface area (Å²) in [6.07, 6.45) is 5.34. The van der Waals surface area contributed by atoms with E-state index in [1.807, 2.05) is 0 Å². The zero-order valence-corrected chi connectivity index (χ0v) is 7.91. The second-order valence-corrected chi connectivity index (χ2v) is 3.64. The molecule has 0 heteroatoms. The van der Waals surface area contributed by atoms with E-state index in [0.717, 1.165) is 5.92 Å². The maximum Gasteiger partial charge on any atom is -0.0272 e. The summed E-state index contributed by atoms with van der Waals surface area (Å²) in [5.41, 5.74) is 0. The van der Waals surface area contributed by atoms with E-state index in [-0.39, 0.29) is 0 Å². The fourth-order valence-electron chi connectivity index (χ4n) is 1.09. The molecule has 0 aliphatic rings. The molecule has 0 aromatic carbocycles. The average Bonchev–Trinajstić information content (AvgIpc) is 1.85. The molecule has 0 aromatic heterocycles. The van der Waals surface area contributed by atoms with Crippen molar-refractivity contribution in [2.75, 3.05) is 0 Å². The van der Waals surface area contributed by atoms with Crippen LogP contribution in [0.5, 0.6) is 0 Å². The van der Waals surface area contributed by atoms with Gasteiger partial charge >= 0.3 is 0 Å². The highest BCUT2D eigenvalue weighted by Gasteiger charge is 2.01. The summed E-state index contributed by atoms with van der Waals surface area (Å²) in [5, 5.41) is 0. The van der Waals surface area contributed by atoms with Crippen molar-refractivity contribution in [3.8, 4) is 0 Å². The topological polar surface area (TPSA) is 0 Å². The van der Waals surface area contributed by atoms with Crippen LogP contribution in [0, 0.1) is 11.8 Å². The van der Waals surface area contributed by atoms with Gasteiger partial charge in [0.1, 0.15) is 0 Å². The molecule has 0 fully saturated rings. The van der Waals surface area contributed by atoms with Gasteiger partial charge in [-0.1, -0.05) is 40.5 Å². The Morgan fingerprint density at radius 1 is 1.20 bits per heavy atom. The predicted octanol–water partition coefficient (Wildman–Crippen LogP) is 3.82. The maximum atomic E-state index is 2.29. The molecule has 0 aromatic rings. The van der Waals surface area contributed by atoms with Crippen molar-refractivity contribution < 1.29 is 0 Å². The lowest BCUT2D eigenvalue weighted by atomic mass is 9.96. The molecule has 0 heterocycles. The first-order valence-electron chi connectivity index (χ1n) is 4.48. The lowest BCUT2D eigenvalue weighted by molar-refractivity contribution is 0.546. The van der Waals surface area contributed by atoms with Crippen LogP contribution in [0.25, 0.3) is 0 Å². The Morgan fingerprint density at radius 3 is 2.20 bits per heavy atom. The van der Waals surface area contributed by atoms with Gasteiger partial charge in [-0.15, -0.1) is 0 Å². The molecular formula is C10H21. The molecule has 0 spiro atoms. The minimum absolute atomic E-state index is 0.867. The Bertz CT molecular complexity index is 64.4. The zero-order chi connectivity index (χ0) is 7.98. The molecule has 0 aliphatic carbocycles. The molecule has 0 nitrogen and oxygen atoms in total. The summed E-state index contributed by atoms with van der Waals surface area (Å²) in [6, 6.07) is 0. The summed E-state index contributed by atoms with van der Waals surface area (Å²) in [7, 11) is 0. The first-order valence-corrected chi connectivity index (χ1v) is 4.48. The fourth-order valence-corrected chi connectivity index (χ4v) is 1.09. The third kappa shape index (κ3) is 6.12. The van der Waals surface area contributed by atoms with E-state index in [1.54, 1.807) is 5.92 Å². The minimum atomic E-state index is 0.867. The first kappa shape index (κ1) is 10.0.